The highest BCUT2D eigenvalue weighted by Crippen LogP contribution is 2.16. The van der Waals surface area contributed by atoms with Crippen LogP contribution in [0, 0.1) is 10.6 Å². The molecule has 0 radical (unpaired) electrons. The largest absolute Gasteiger partial charge is 0.859 e. The predicted molar refractivity (Wildman–Crippen MR) is 97.5 cm³/mol. The Balaban J connectivity index is 1.81. The van der Waals surface area contributed by atoms with E-state index >= 15 is 0 Å². The summed E-state index contributed by atoms with van der Waals surface area (Å²) in [5.74, 6) is -0.988. The molecule has 3 rings (SSSR count). The molecule has 9 heteroatoms. The minimum atomic E-state index is -0.573. The standard InChI is InChI=1S/C17H20FN5O2S/c18-12-1-3-13(4-2-12)23-16(25)14(15(24)21-17(23)26)11-20-7-10-22-8-5-19-6-9-22/h1-4,11,19,25H,5-10H2,(H,21,24,26). The fourth-order valence-corrected chi connectivity index (χ4v) is 3.16. The average Bonchev–Trinajstić information content (AvgIpc) is 2.63. The van der Waals surface area contributed by atoms with Crippen LogP contribution in [-0.2, 0) is 0 Å². The van der Waals surface area contributed by atoms with Gasteiger partial charge in [0.25, 0.3) is 5.56 Å². The number of H-pyrrole nitrogens is 1. The minimum Gasteiger partial charge on any atom is -0.859 e. The monoisotopic (exact) mass is 377 g/mol. The number of piperazine rings is 1. The average molecular weight is 377 g/mol. The second-order valence-electron chi connectivity index (χ2n) is 6.08. The second-order valence-corrected chi connectivity index (χ2v) is 6.46. The number of nitrogens with zero attached hydrogens (tertiary/aromatic N) is 2. The molecular formula is C17H20FN5O2S. The molecular weight excluding hydrogens is 357 g/mol. The summed E-state index contributed by atoms with van der Waals surface area (Å²) >= 11 is 5.08. The van der Waals surface area contributed by atoms with Gasteiger partial charge >= 0.3 is 0 Å². The lowest BCUT2D eigenvalue weighted by Gasteiger charge is -2.23. The van der Waals surface area contributed by atoms with Crippen LogP contribution in [0.5, 0.6) is 5.88 Å². The van der Waals surface area contributed by atoms with Crippen LogP contribution < -0.4 is 20.9 Å². The summed E-state index contributed by atoms with van der Waals surface area (Å²) in [6.07, 6.45) is 1.30. The van der Waals surface area contributed by atoms with Crippen molar-refractivity contribution in [1.82, 2.24) is 14.9 Å². The number of rotatable bonds is 5. The van der Waals surface area contributed by atoms with Crippen LogP contribution in [0.15, 0.2) is 34.1 Å². The van der Waals surface area contributed by atoms with Crippen molar-refractivity contribution < 1.29 is 14.4 Å². The van der Waals surface area contributed by atoms with Crippen molar-refractivity contribution in [3.63, 3.8) is 0 Å². The first-order chi connectivity index (χ1) is 12.6. The van der Waals surface area contributed by atoms with Crippen LogP contribution in [0.25, 0.3) is 5.69 Å². The summed E-state index contributed by atoms with van der Waals surface area (Å²) in [6.45, 7) is 5.43. The third-order valence-electron chi connectivity index (χ3n) is 4.31. The van der Waals surface area contributed by atoms with E-state index in [1.54, 1.807) is 0 Å². The number of aromatic nitrogens is 2. The van der Waals surface area contributed by atoms with Gasteiger partial charge in [-0.1, -0.05) is 0 Å². The maximum Gasteiger partial charge on any atom is 0.259 e. The molecule has 0 amide bonds. The van der Waals surface area contributed by atoms with Gasteiger partial charge in [0.05, 0.1) is 31.7 Å². The molecule has 2 aromatic rings. The van der Waals surface area contributed by atoms with E-state index in [4.69, 9.17) is 12.2 Å². The quantitative estimate of drug-likeness (QED) is 0.461. The van der Waals surface area contributed by atoms with Gasteiger partial charge in [0.15, 0.2) is 4.77 Å². The van der Waals surface area contributed by atoms with E-state index in [1.165, 1.54) is 39.9 Å². The Bertz CT molecular complexity index is 901. The van der Waals surface area contributed by atoms with E-state index < -0.39 is 17.3 Å². The highest BCUT2D eigenvalue weighted by atomic mass is 32.1. The number of quaternary nitrogens is 1. The van der Waals surface area contributed by atoms with Crippen molar-refractivity contribution in [2.75, 3.05) is 39.3 Å². The van der Waals surface area contributed by atoms with E-state index in [0.29, 0.717) is 12.2 Å². The number of hydrogen-bond acceptors (Lipinski definition) is 5. The fourth-order valence-electron chi connectivity index (χ4n) is 2.88. The van der Waals surface area contributed by atoms with Crippen LogP contribution in [0.2, 0.25) is 0 Å². The van der Waals surface area contributed by atoms with Gasteiger partial charge in [-0.05, 0) is 42.4 Å². The van der Waals surface area contributed by atoms with Crippen LogP contribution in [0.1, 0.15) is 5.56 Å². The van der Waals surface area contributed by atoms with Gasteiger partial charge in [-0.2, -0.15) is 0 Å². The zero-order chi connectivity index (χ0) is 18.5. The Kier molecular flexibility index (Phi) is 5.92. The fraction of sp³-hybridized carbons (Fsp3) is 0.353. The molecule has 0 aliphatic carbocycles. The van der Waals surface area contributed by atoms with Crippen molar-refractivity contribution >= 4 is 18.4 Å². The minimum absolute atomic E-state index is 0.0333. The maximum atomic E-state index is 13.1. The van der Waals surface area contributed by atoms with Crippen molar-refractivity contribution in [2.45, 2.75) is 0 Å². The third kappa shape index (κ3) is 4.24. The molecule has 1 fully saturated rings. The summed E-state index contributed by atoms with van der Waals surface area (Å²) in [5.41, 5.74) is -0.271. The molecule has 0 spiro atoms. The van der Waals surface area contributed by atoms with Gasteiger partial charge < -0.3 is 19.9 Å². The van der Waals surface area contributed by atoms with E-state index in [2.05, 4.69) is 15.3 Å². The number of halogens is 1. The Morgan fingerprint density at radius 1 is 1.31 bits per heavy atom. The van der Waals surface area contributed by atoms with Gasteiger partial charge in [0.1, 0.15) is 5.82 Å². The van der Waals surface area contributed by atoms with Crippen molar-refractivity contribution in [1.29, 1.82) is 0 Å². The molecule has 0 unspecified atom stereocenters. The topological polar surface area (TPSA) is 89.7 Å². The van der Waals surface area contributed by atoms with Crippen LogP contribution >= 0.6 is 12.2 Å². The van der Waals surface area contributed by atoms with Crippen LogP contribution in [-0.4, -0.2) is 55.0 Å². The van der Waals surface area contributed by atoms with Crippen molar-refractivity contribution in [2.24, 2.45) is 4.99 Å². The van der Waals surface area contributed by atoms with Gasteiger partial charge in [0.2, 0.25) is 0 Å². The highest BCUT2D eigenvalue weighted by molar-refractivity contribution is 7.71. The van der Waals surface area contributed by atoms with Gasteiger partial charge in [-0.15, -0.1) is 0 Å². The molecule has 7 nitrogen and oxygen atoms in total. The molecule has 0 atom stereocenters. The van der Waals surface area contributed by atoms with E-state index in [1.807, 2.05) is 0 Å². The third-order valence-corrected chi connectivity index (χ3v) is 4.60. The molecule has 1 aliphatic heterocycles. The Morgan fingerprint density at radius 2 is 2.00 bits per heavy atom. The molecule has 138 valence electrons. The summed E-state index contributed by atoms with van der Waals surface area (Å²) in [7, 11) is 0. The van der Waals surface area contributed by atoms with Crippen LogP contribution in [0.4, 0.5) is 4.39 Å². The molecule has 2 heterocycles. The van der Waals surface area contributed by atoms with Gasteiger partial charge in [0, 0.05) is 25.0 Å². The number of hydrogen-bond donors (Lipinski definition) is 3. The van der Waals surface area contributed by atoms with E-state index in [-0.39, 0.29) is 10.3 Å². The number of nitrogens with one attached hydrogen (secondary N) is 3. The zero-order valence-corrected chi connectivity index (χ0v) is 14.9. The first-order valence-electron chi connectivity index (χ1n) is 8.42. The first-order valence-corrected chi connectivity index (χ1v) is 8.83. The second kappa shape index (κ2) is 8.35. The van der Waals surface area contributed by atoms with Crippen LogP contribution in [0.3, 0.4) is 0 Å². The molecule has 3 N–H and O–H groups in total. The molecule has 1 aromatic heterocycles. The summed E-state index contributed by atoms with van der Waals surface area (Å²) in [4.78, 5) is 20.3. The first kappa shape index (κ1) is 18.4. The molecule has 1 aromatic carbocycles. The molecule has 0 saturated carbocycles. The van der Waals surface area contributed by atoms with Crippen molar-refractivity contribution in [3.05, 3.63) is 50.8 Å². The summed E-state index contributed by atoms with van der Waals surface area (Å²) in [6, 6.07) is 5.32. The summed E-state index contributed by atoms with van der Waals surface area (Å²) < 4.78 is 14.2. The molecule has 26 heavy (non-hydrogen) atoms. The zero-order valence-electron chi connectivity index (χ0n) is 14.1. The highest BCUT2D eigenvalue weighted by Gasteiger charge is 2.11. The Morgan fingerprint density at radius 3 is 2.69 bits per heavy atom. The van der Waals surface area contributed by atoms with E-state index in [0.717, 1.165) is 32.7 Å². The van der Waals surface area contributed by atoms with Gasteiger partial charge in [-0.3, -0.25) is 14.8 Å². The SMILES string of the molecule is O=c1[nH]c(=S)n(-c2ccc(F)cc2)c([O-])c1C=NCC[NH+]1CCNCC1. The maximum absolute atomic E-state index is 13.1. The Labute approximate surface area is 154 Å². The van der Waals surface area contributed by atoms with Crippen molar-refractivity contribution in [3.8, 4) is 11.6 Å². The van der Waals surface area contributed by atoms with Gasteiger partial charge in [-0.25, -0.2) is 4.39 Å². The Hall–Kier alpha value is -2.36. The predicted octanol–water partition coefficient (Wildman–Crippen LogP) is -0.985. The lowest BCUT2D eigenvalue weighted by atomic mass is 10.3. The lowest BCUT2D eigenvalue weighted by molar-refractivity contribution is -0.900. The smallest absolute Gasteiger partial charge is 0.259 e. The summed E-state index contributed by atoms with van der Waals surface area (Å²) in [5, 5.41) is 16.0. The number of aliphatic imine (C=N–C) groups is 1. The molecule has 0 bridgehead atoms. The molecule has 1 aliphatic rings. The normalized spacial score (nSPS) is 15.6. The number of aromatic amines is 1. The lowest BCUT2D eigenvalue weighted by Crippen LogP contribution is -3.15. The molecule has 1 saturated heterocycles. The van der Waals surface area contributed by atoms with E-state index in [9.17, 15) is 14.3 Å². The number of benzene rings is 1.